The van der Waals surface area contributed by atoms with Gasteiger partial charge in [0.15, 0.2) is 9.84 Å². The summed E-state index contributed by atoms with van der Waals surface area (Å²) in [7, 11) is -3.10. The Hall–Kier alpha value is -1.36. The number of hydrogen-bond acceptors (Lipinski definition) is 3. The number of carboxylic acid groups (broad SMARTS) is 1. The fourth-order valence-electron chi connectivity index (χ4n) is 2.30. The summed E-state index contributed by atoms with van der Waals surface area (Å²) in [6, 6.07) is 6.70. The summed E-state index contributed by atoms with van der Waals surface area (Å²) in [4.78, 5) is 11.2. The molecule has 0 aromatic heterocycles. The summed E-state index contributed by atoms with van der Waals surface area (Å²) < 4.78 is 23.5. The van der Waals surface area contributed by atoms with Crippen molar-refractivity contribution >= 4 is 15.8 Å². The van der Waals surface area contributed by atoms with Crippen LogP contribution in [0.5, 0.6) is 0 Å². The Morgan fingerprint density at radius 1 is 1.33 bits per heavy atom. The second-order valence-corrected chi connectivity index (χ2v) is 7.16. The minimum atomic E-state index is -3.10. The van der Waals surface area contributed by atoms with Gasteiger partial charge in [-0.2, -0.15) is 0 Å². The minimum Gasteiger partial charge on any atom is -0.478 e. The Morgan fingerprint density at radius 2 is 1.94 bits per heavy atom. The molecule has 1 aliphatic carbocycles. The normalized spacial score (nSPS) is 17.4. The molecule has 5 heteroatoms. The molecule has 18 heavy (non-hydrogen) atoms. The van der Waals surface area contributed by atoms with E-state index < -0.39 is 21.2 Å². The summed E-state index contributed by atoms with van der Waals surface area (Å²) in [5.41, 5.74) is 0.417. The lowest BCUT2D eigenvalue weighted by Gasteiger charge is -2.17. The van der Waals surface area contributed by atoms with Crippen LogP contribution in [0.25, 0.3) is 0 Å². The minimum absolute atomic E-state index is 0.0563. The molecule has 0 spiro atoms. The van der Waals surface area contributed by atoms with E-state index in [0.29, 0.717) is 5.56 Å². The first-order valence-electron chi connectivity index (χ1n) is 5.93. The van der Waals surface area contributed by atoms with Gasteiger partial charge < -0.3 is 5.11 Å². The highest BCUT2D eigenvalue weighted by Crippen LogP contribution is 2.50. The molecule has 4 nitrogen and oxygen atoms in total. The van der Waals surface area contributed by atoms with Crippen molar-refractivity contribution in [2.24, 2.45) is 0 Å². The molecule has 1 aromatic rings. The Bertz CT molecular complexity index is 570. The number of carbonyl (C=O) groups is 1. The van der Waals surface area contributed by atoms with E-state index in [9.17, 15) is 13.2 Å². The standard InChI is InChI=1S/C13H16O4S/c1-2-18(16,17)9-13(7-8-13)11-6-4-3-5-10(11)12(14)15/h3-6H,2,7-9H2,1H3,(H,14,15). The van der Waals surface area contributed by atoms with Crippen LogP contribution in [0.3, 0.4) is 0 Å². The van der Waals surface area contributed by atoms with Gasteiger partial charge in [0.2, 0.25) is 0 Å². The quantitative estimate of drug-likeness (QED) is 0.884. The molecule has 0 bridgehead atoms. The highest BCUT2D eigenvalue weighted by atomic mass is 32.2. The predicted octanol–water partition coefficient (Wildman–Crippen LogP) is 1.85. The van der Waals surface area contributed by atoms with E-state index in [-0.39, 0.29) is 17.1 Å². The molecule has 0 unspecified atom stereocenters. The first kappa shape index (κ1) is 13.1. The van der Waals surface area contributed by atoms with Crippen LogP contribution < -0.4 is 0 Å². The number of rotatable bonds is 5. The Balaban J connectivity index is 2.40. The molecule has 0 saturated heterocycles. The van der Waals surface area contributed by atoms with Crippen molar-refractivity contribution in [2.75, 3.05) is 11.5 Å². The van der Waals surface area contributed by atoms with Crippen molar-refractivity contribution < 1.29 is 18.3 Å². The van der Waals surface area contributed by atoms with Gasteiger partial charge in [-0.25, -0.2) is 13.2 Å². The average Bonchev–Trinajstić information content (AvgIpc) is 3.09. The topological polar surface area (TPSA) is 71.4 Å². The van der Waals surface area contributed by atoms with Crippen LogP contribution in [-0.4, -0.2) is 31.0 Å². The summed E-state index contributed by atoms with van der Waals surface area (Å²) in [6.45, 7) is 1.62. The third kappa shape index (κ3) is 2.41. The SMILES string of the molecule is CCS(=O)(=O)CC1(c2ccccc2C(=O)O)CC1. The summed E-state index contributed by atoms with van der Waals surface area (Å²) in [5.74, 6) is -0.837. The second kappa shape index (κ2) is 4.39. The van der Waals surface area contributed by atoms with Crippen LogP contribution in [0.1, 0.15) is 35.7 Å². The Labute approximate surface area is 107 Å². The molecule has 0 amide bonds. The highest BCUT2D eigenvalue weighted by Gasteiger charge is 2.48. The monoisotopic (exact) mass is 268 g/mol. The molecule has 0 radical (unpaired) electrons. The van der Waals surface area contributed by atoms with Crippen LogP contribution in [0, 0.1) is 0 Å². The molecule has 1 fully saturated rings. The van der Waals surface area contributed by atoms with Crippen molar-refractivity contribution in [1.82, 2.24) is 0 Å². The highest BCUT2D eigenvalue weighted by molar-refractivity contribution is 7.91. The molecule has 1 saturated carbocycles. The zero-order valence-electron chi connectivity index (χ0n) is 10.2. The van der Waals surface area contributed by atoms with Crippen LogP contribution in [0.2, 0.25) is 0 Å². The van der Waals surface area contributed by atoms with E-state index >= 15 is 0 Å². The molecule has 2 rings (SSSR count). The third-order valence-electron chi connectivity index (χ3n) is 3.52. The lowest BCUT2D eigenvalue weighted by Crippen LogP contribution is -2.24. The number of carboxylic acids is 1. The van der Waals surface area contributed by atoms with Crippen molar-refractivity contribution in [3.8, 4) is 0 Å². The van der Waals surface area contributed by atoms with Gasteiger partial charge in [0.25, 0.3) is 0 Å². The van der Waals surface area contributed by atoms with Gasteiger partial charge in [-0.3, -0.25) is 0 Å². The largest absolute Gasteiger partial charge is 0.478 e. The van der Waals surface area contributed by atoms with Crippen molar-refractivity contribution in [1.29, 1.82) is 0 Å². The zero-order chi connectivity index (χ0) is 13.4. The maximum absolute atomic E-state index is 11.8. The molecule has 98 valence electrons. The lowest BCUT2D eigenvalue weighted by molar-refractivity contribution is 0.0695. The van der Waals surface area contributed by atoms with E-state index in [2.05, 4.69) is 0 Å². The van der Waals surface area contributed by atoms with Crippen molar-refractivity contribution in [3.05, 3.63) is 35.4 Å². The van der Waals surface area contributed by atoms with Gasteiger partial charge in [-0.1, -0.05) is 25.1 Å². The molecular formula is C13H16O4S. The van der Waals surface area contributed by atoms with E-state index in [1.165, 1.54) is 6.07 Å². The molecule has 0 atom stereocenters. The van der Waals surface area contributed by atoms with Gasteiger partial charge >= 0.3 is 5.97 Å². The third-order valence-corrected chi connectivity index (χ3v) is 5.39. The van der Waals surface area contributed by atoms with Gasteiger partial charge in [-0.05, 0) is 24.5 Å². The number of benzene rings is 1. The molecule has 0 aliphatic heterocycles. The molecule has 1 aliphatic rings. The second-order valence-electron chi connectivity index (χ2n) is 4.81. The van der Waals surface area contributed by atoms with E-state index in [4.69, 9.17) is 5.11 Å². The van der Waals surface area contributed by atoms with Crippen molar-refractivity contribution in [2.45, 2.75) is 25.2 Å². The predicted molar refractivity (Wildman–Crippen MR) is 68.6 cm³/mol. The Kier molecular flexibility index (Phi) is 3.19. The number of aromatic carboxylic acids is 1. The summed E-state index contributed by atoms with van der Waals surface area (Å²) in [5, 5.41) is 9.16. The Morgan fingerprint density at radius 3 is 2.44 bits per heavy atom. The molecule has 1 aromatic carbocycles. The molecular weight excluding hydrogens is 252 g/mol. The summed E-state index contributed by atoms with van der Waals surface area (Å²) in [6.07, 6.45) is 1.49. The van der Waals surface area contributed by atoms with E-state index in [1.807, 2.05) is 0 Å². The van der Waals surface area contributed by atoms with Crippen LogP contribution in [0.15, 0.2) is 24.3 Å². The van der Waals surface area contributed by atoms with Gasteiger partial charge in [0.1, 0.15) is 0 Å². The van der Waals surface area contributed by atoms with Gasteiger partial charge in [0.05, 0.1) is 11.3 Å². The van der Waals surface area contributed by atoms with Gasteiger partial charge in [-0.15, -0.1) is 0 Å². The van der Waals surface area contributed by atoms with Gasteiger partial charge in [0, 0.05) is 11.2 Å². The number of hydrogen-bond donors (Lipinski definition) is 1. The van der Waals surface area contributed by atoms with Crippen LogP contribution >= 0.6 is 0 Å². The summed E-state index contributed by atoms with van der Waals surface area (Å²) >= 11 is 0. The number of sulfone groups is 1. The maximum atomic E-state index is 11.8. The van der Waals surface area contributed by atoms with E-state index in [1.54, 1.807) is 25.1 Å². The average molecular weight is 268 g/mol. The zero-order valence-corrected chi connectivity index (χ0v) is 11.0. The van der Waals surface area contributed by atoms with Crippen LogP contribution in [-0.2, 0) is 15.3 Å². The maximum Gasteiger partial charge on any atom is 0.335 e. The van der Waals surface area contributed by atoms with Crippen molar-refractivity contribution in [3.63, 3.8) is 0 Å². The first-order valence-corrected chi connectivity index (χ1v) is 7.75. The fourth-order valence-corrected chi connectivity index (χ4v) is 3.79. The van der Waals surface area contributed by atoms with E-state index in [0.717, 1.165) is 12.8 Å². The lowest BCUT2D eigenvalue weighted by atomic mass is 9.93. The molecule has 1 N–H and O–H groups in total. The van der Waals surface area contributed by atoms with Crippen LogP contribution in [0.4, 0.5) is 0 Å². The molecule has 0 heterocycles. The fraction of sp³-hybridized carbons (Fsp3) is 0.462. The first-order chi connectivity index (χ1) is 8.40. The smallest absolute Gasteiger partial charge is 0.335 e.